The highest BCUT2D eigenvalue weighted by molar-refractivity contribution is 7.89. The van der Waals surface area contributed by atoms with E-state index >= 15 is 0 Å². The first-order valence-electron chi connectivity index (χ1n) is 5.44. The zero-order chi connectivity index (χ0) is 13.3. The quantitative estimate of drug-likeness (QED) is 0.829. The topological polar surface area (TPSA) is 92.5 Å². The average molecular weight is 278 g/mol. The molecule has 1 aliphatic rings. The monoisotopic (exact) mass is 278 g/mol. The van der Waals surface area contributed by atoms with Gasteiger partial charge in [0.2, 0.25) is 0 Å². The van der Waals surface area contributed by atoms with E-state index < -0.39 is 10.0 Å². The van der Waals surface area contributed by atoms with E-state index in [1.54, 1.807) is 18.3 Å². The third-order valence-electron chi connectivity index (χ3n) is 2.42. The van der Waals surface area contributed by atoms with Crippen LogP contribution in [-0.4, -0.2) is 39.6 Å². The number of allylic oxidation sites excluding steroid dienone is 2. The Morgan fingerprint density at radius 2 is 2.21 bits per heavy atom. The number of hydrogen-bond acceptors (Lipinski definition) is 6. The third kappa shape index (κ3) is 2.33. The molecule has 0 amide bonds. The fourth-order valence-corrected chi connectivity index (χ4v) is 2.50. The van der Waals surface area contributed by atoms with Gasteiger partial charge >= 0.3 is 0 Å². The first-order valence-corrected chi connectivity index (χ1v) is 6.92. The number of fused-ring (bicyclic) bond motifs is 1. The molecule has 2 aromatic rings. The lowest BCUT2D eigenvalue weighted by atomic mass is 10.4. The Balaban J connectivity index is 1.91. The summed E-state index contributed by atoms with van der Waals surface area (Å²) in [7, 11) is -3.80. The molecule has 8 nitrogen and oxygen atoms in total. The van der Waals surface area contributed by atoms with Crippen molar-refractivity contribution < 1.29 is 8.42 Å². The fourth-order valence-electron chi connectivity index (χ4n) is 1.57. The predicted octanol–water partition coefficient (Wildman–Crippen LogP) is -0.297. The second-order valence-corrected chi connectivity index (χ2v) is 5.35. The maximum atomic E-state index is 12.1. The van der Waals surface area contributed by atoms with Crippen molar-refractivity contribution in [1.82, 2.24) is 29.4 Å². The minimum atomic E-state index is -3.80. The van der Waals surface area contributed by atoms with Crippen LogP contribution in [0.2, 0.25) is 0 Å². The molecule has 1 aliphatic heterocycles. The van der Waals surface area contributed by atoms with E-state index in [1.165, 1.54) is 22.0 Å². The molecule has 2 aromatic heterocycles. The number of hydrazine groups is 1. The van der Waals surface area contributed by atoms with Crippen molar-refractivity contribution in [2.24, 2.45) is 0 Å². The van der Waals surface area contributed by atoms with Crippen molar-refractivity contribution >= 4 is 15.7 Å². The van der Waals surface area contributed by atoms with Gasteiger partial charge in [-0.2, -0.15) is 4.98 Å². The van der Waals surface area contributed by atoms with Gasteiger partial charge in [-0.1, -0.05) is 12.2 Å². The highest BCUT2D eigenvalue weighted by Crippen LogP contribution is 2.06. The summed E-state index contributed by atoms with van der Waals surface area (Å²) in [6.45, 7) is 0.449. The third-order valence-corrected chi connectivity index (χ3v) is 3.55. The van der Waals surface area contributed by atoms with Gasteiger partial charge in [-0.25, -0.2) is 17.9 Å². The fraction of sp³-hybridized carbons (Fsp3) is 0.100. The summed E-state index contributed by atoms with van der Waals surface area (Å²) >= 11 is 0. The first kappa shape index (κ1) is 11.8. The Labute approximate surface area is 109 Å². The lowest BCUT2D eigenvalue weighted by Crippen LogP contribution is -2.39. The number of hydrogen-bond donors (Lipinski definition) is 1. The molecule has 0 fully saturated rings. The van der Waals surface area contributed by atoms with Crippen LogP contribution in [-0.2, 0) is 10.0 Å². The van der Waals surface area contributed by atoms with Crippen LogP contribution in [0.15, 0.2) is 48.2 Å². The van der Waals surface area contributed by atoms with Gasteiger partial charge in [0.25, 0.3) is 15.2 Å². The van der Waals surface area contributed by atoms with E-state index in [4.69, 9.17) is 0 Å². The normalized spacial score (nSPS) is 15.3. The molecular weight excluding hydrogens is 268 g/mol. The molecule has 0 saturated carbocycles. The van der Waals surface area contributed by atoms with Crippen LogP contribution in [0.4, 0.5) is 0 Å². The van der Waals surface area contributed by atoms with Crippen LogP contribution in [0.3, 0.4) is 0 Å². The van der Waals surface area contributed by atoms with Gasteiger partial charge < -0.3 is 0 Å². The van der Waals surface area contributed by atoms with E-state index in [0.29, 0.717) is 12.2 Å². The van der Waals surface area contributed by atoms with Crippen molar-refractivity contribution in [1.29, 1.82) is 0 Å². The van der Waals surface area contributed by atoms with Crippen molar-refractivity contribution in [3.63, 3.8) is 0 Å². The molecule has 3 rings (SSSR count). The summed E-state index contributed by atoms with van der Waals surface area (Å²) in [5.74, 6) is 0. The summed E-state index contributed by atoms with van der Waals surface area (Å²) in [6.07, 6.45) is 9.92. The average Bonchev–Trinajstić information content (AvgIpc) is 2.84. The molecule has 98 valence electrons. The summed E-state index contributed by atoms with van der Waals surface area (Å²) in [5, 5.41) is 5.02. The van der Waals surface area contributed by atoms with Crippen LogP contribution >= 0.6 is 0 Å². The zero-order valence-corrected chi connectivity index (χ0v) is 10.5. The lowest BCUT2D eigenvalue weighted by molar-refractivity contribution is 0.366. The molecule has 1 N–H and O–H groups in total. The van der Waals surface area contributed by atoms with Gasteiger partial charge in [0.05, 0.1) is 6.54 Å². The first-order chi connectivity index (χ1) is 9.15. The van der Waals surface area contributed by atoms with Crippen molar-refractivity contribution in [3.8, 4) is 0 Å². The number of rotatable bonds is 3. The standard InChI is InChI=1S/C10H10N6O2S/c17-19(18,14-15-6-2-1-3-7-15)10-12-9-4-5-11-8-16(9)13-10/h1-6,8,14H,7H2. The number of nitrogens with zero attached hydrogens (tertiary/aromatic N) is 5. The Kier molecular flexibility index (Phi) is 2.76. The minimum Gasteiger partial charge on any atom is -0.298 e. The van der Waals surface area contributed by atoms with Gasteiger partial charge in [0.1, 0.15) is 6.33 Å². The molecule has 0 unspecified atom stereocenters. The van der Waals surface area contributed by atoms with Crippen LogP contribution in [0.5, 0.6) is 0 Å². The molecule has 3 heterocycles. The van der Waals surface area contributed by atoms with Crippen molar-refractivity contribution in [3.05, 3.63) is 43.0 Å². The van der Waals surface area contributed by atoms with Gasteiger partial charge in [0.15, 0.2) is 5.65 Å². The van der Waals surface area contributed by atoms with E-state index in [9.17, 15) is 8.42 Å². The second kappa shape index (κ2) is 4.44. The Morgan fingerprint density at radius 1 is 1.32 bits per heavy atom. The molecule has 9 heteroatoms. The lowest BCUT2D eigenvalue weighted by Gasteiger charge is -2.19. The van der Waals surface area contributed by atoms with Gasteiger partial charge in [-0.05, 0) is 6.08 Å². The summed E-state index contributed by atoms with van der Waals surface area (Å²) in [6, 6.07) is 1.58. The van der Waals surface area contributed by atoms with Crippen LogP contribution in [0.25, 0.3) is 5.65 Å². The number of sulfonamides is 1. The van der Waals surface area contributed by atoms with Gasteiger partial charge in [-0.3, -0.25) is 5.01 Å². The maximum Gasteiger partial charge on any atom is 0.294 e. The second-order valence-electron chi connectivity index (χ2n) is 3.79. The van der Waals surface area contributed by atoms with Crippen LogP contribution < -0.4 is 4.83 Å². The smallest absolute Gasteiger partial charge is 0.294 e. The maximum absolute atomic E-state index is 12.1. The largest absolute Gasteiger partial charge is 0.298 e. The molecule has 0 saturated heterocycles. The predicted molar refractivity (Wildman–Crippen MR) is 66.1 cm³/mol. The van der Waals surface area contributed by atoms with Crippen molar-refractivity contribution in [2.75, 3.05) is 6.54 Å². The van der Waals surface area contributed by atoms with E-state index in [1.807, 2.05) is 12.2 Å². The van der Waals surface area contributed by atoms with Gasteiger partial charge in [0, 0.05) is 18.5 Å². The minimum absolute atomic E-state index is 0.288. The molecule has 0 aromatic carbocycles. The van der Waals surface area contributed by atoms with E-state index in [0.717, 1.165) is 0 Å². The highest BCUT2D eigenvalue weighted by Gasteiger charge is 2.22. The Bertz CT molecular complexity index is 730. The zero-order valence-electron chi connectivity index (χ0n) is 9.71. The van der Waals surface area contributed by atoms with Crippen LogP contribution in [0, 0.1) is 0 Å². The SMILES string of the molecule is O=S(=O)(NN1C=CC=CC1)c1nc2ccncn2n1. The van der Waals surface area contributed by atoms with Crippen molar-refractivity contribution in [2.45, 2.75) is 5.16 Å². The number of nitrogens with one attached hydrogen (secondary N) is 1. The van der Waals surface area contributed by atoms with E-state index in [2.05, 4.69) is 19.9 Å². The highest BCUT2D eigenvalue weighted by atomic mass is 32.2. The molecule has 0 radical (unpaired) electrons. The summed E-state index contributed by atoms with van der Waals surface area (Å²) < 4.78 is 25.5. The summed E-state index contributed by atoms with van der Waals surface area (Å²) in [4.78, 5) is 10.2. The molecule has 0 atom stereocenters. The Hall–Kier alpha value is -2.26. The molecule has 0 bridgehead atoms. The molecule has 19 heavy (non-hydrogen) atoms. The Morgan fingerprint density at radius 3 is 2.95 bits per heavy atom. The summed E-state index contributed by atoms with van der Waals surface area (Å²) in [5.41, 5.74) is 0.421. The van der Waals surface area contributed by atoms with Crippen LogP contribution in [0.1, 0.15) is 0 Å². The molecular formula is C10H10N6O2S. The van der Waals surface area contributed by atoms with Gasteiger partial charge in [-0.15, -0.1) is 9.93 Å². The molecule has 0 spiro atoms. The number of aromatic nitrogens is 4. The molecule has 0 aliphatic carbocycles. The van der Waals surface area contributed by atoms with E-state index in [-0.39, 0.29) is 5.16 Å².